The SMILES string of the molecule is CN(Cc1ccccc1)C(C=CSc1ccccc1)=Nc1ccccc1. The fourth-order valence-electron chi connectivity index (χ4n) is 2.50. The number of benzene rings is 3. The molecule has 0 unspecified atom stereocenters. The van der Waals surface area contributed by atoms with Gasteiger partial charge in [0.15, 0.2) is 0 Å². The molecule has 0 saturated carbocycles. The maximum absolute atomic E-state index is 4.83. The molecular formula is C23H22N2S. The second kappa shape index (κ2) is 9.64. The van der Waals surface area contributed by atoms with E-state index in [2.05, 4.69) is 72.0 Å². The monoisotopic (exact) mass is 358 g/mol. The van der Waals surface area contributed by atoms with Crippen molar-refractivity contribution in [1.29, 1.82) is 0 Å². The summed E-state index contributed by atoms with van der Waals surface area (Å²) in [5, 5.41) is 2.10. The zero-order valence-corrected chi connectivity index (χ0v) is 15.6. The van der Waals surface area contributed by atoms with E-state index in [1.54, 1.807) is 11.8 Å². The first kappa shape index (κ1) is 18.0. The molecule has 0 aliphatic carbocycles. The van der Waals surface area contributed by atoms with Gasteiger partial charge in [0.05, 0.1) is 5.69 Å². The van der Waals surface area contributed by atoms with Gasteiger partial charge in [0.1, 0.15) is 5.84 Å². The molecule has 0 aliphatic heterocycles. The van der Waals surface area contributed by atoms with Crippen LogP contribution in [0.2, 0.25) is 0 Å². The lowest BCUT2D eigenvalue weighted by Gasteiger charge is -2.19. The lowest BCUT2D eigenvalue weighted by molar-refractivity contribution is 0.503. The maximum Gasteiger partial charge on any atom is 0.129 e. The average molecular weight is 359 g/mol. The van der Waals surface area contributed by atoms with Crippen LogP contribution in [0.1, 0.15) is 5.56 Å². The highest BCUT2D eigenvalue weighted by Crippen LogP contribution is 2.19. The van der Waals surface area contributed by atoms with Crippen LogP contribution < -0.4 is 0 Å². The molecule has 3 heteroatoms. The molecule has 0 bridgehead atoms. The molecule has 0 atom stereocenters. The van der Waals surface area contributed by atoms with Crippen LogP contribution in [-0.4, -0.2) is 17.8 Å². The van der Waals surface area contributed by atoms with Crippen molar-refractivity contribution in [3.63, 3.8) is 0 Å². The van der Waals surface area contributed by atoms with Gasteiger partial charge in [-0.2, -0.15) is 0 Å². The topological polar surface area (TPSA) is 15.6 Å². The molecule has 130 valence electrons. The fourth-order valence-corrected chi connectivity index (χ4v) is 3.16. The first-order chi connectivity index (χ1) is 12.8. The minimum Gasteiger partial charge on any atom is -0.355 e. The first-order valence-electron chi connectivity index (χ1n) is 8.58. The number of likely N-dealkylation sites (N-methyl/N-ethyl adjacent to an activating group) is 1. The summed E-state index contributed by atoms with van der Waals surface area (Å²) in [6.07, 6.45) is 2.08. The van der Waals surface area contributed by atoms with Crippen molar-refractivity contribution >= 4 is 23.3 Å². The number of aliphatic imine (C=N–C) groups is 1. The van der Waals surface area contributed by atoms with E-state index in [1.165, 1.54) is 10.5 Å². The summed E-state index contributed by atoms with van der Waals surface area (Å²) in [5.41, 5.74) is 2.22. The molecule has 3 aromatic rings. The van der Waals surface area contributed by atoms with E-state index < -0.39 is 0 Å². The third kappa shape index (κ3) is 5.64. The number of rotatable bonds is 6. The van der Waals surface area contributed by atoms with Gasteiger partial charge in [0.2, 0.25) is 0 Å². The van der Waals surface area contributed by atoms with Crippen molar-refractivity contribution in [3.05, 3.63) is 108 Å². The molecule has 0 heterocycles. The van der Waals surface area contributed by atoms with Crippen LogP contribution in [0.4, 0.5) is 5.69 Å². The second-order valence-electron chi connectivity index (χ2n) is 5.88. The standard InChI is InChI=1S/C23H22N2S/c1-25(19-20-11-5-2-6-12-20)23(24-21-13-7-3-8-14-21)17-18-26-22-15-9-4-10-16-22/h2-18H,19H2,1H3. The molecule has 0 N–H and O–H groups in total. The van der Waals surface area contributed by atoms with E-state index in [4.69, 9.17) is 4.99 Å². The average Bonchev–Trinajstić information content (AvgIpc) is 2.69. The molecule has 0 aliphatic rings. The highest BCUT2D eigenvalue weighted by molar-refractivity contribution is 8.02. The summed E-state index contributed by atoms with van der Waals surface area (Å²) in [6.45, 7) is 0.812. The van der Waals surface area contributed by atoms with Gasteiger partial charge in [0.25, 0.3) is 0 Å². The Bertz CT molecular complexity index is 843. The van der Waals surface area contributed by atoms with Crippen molar-refractivity contribution in [3.8, 4) is 0 Å². The number of hydrogen-bond donors (Lipinski definition) is 0. The Kier molecular flexibility index (Phi) is 6.68. The second-order valence-corrected chi connectivity index (χ2v) is 6.86. The van der Waals surface area contributed by atoms with Crippen LogP contribution in [0.5, 0.6) is 0 Å². The van der Waals surface area contributed by atoms with Gasteiger partial charge in [-0.3, -0.25) is 0 Å². The van der Waals surface area contributed by atoms with Crippen LogP contribution >= 0.6 is 11.8 Å². The Morgan fingerprint density at radius 2 is 1.42 bits per heavy atom. The third-order valence-electron chi connectivity index (χ3n) is 3.82. The number of thioether (sulfide) groups is 1. The van der Waals surface area contributed by atoms with E-state index in [1.807, 2.05) is 42.5 Å². The summed E-state index contributed by atoms with van der Waals surface area (Å²) >= 11 is 1.69. The first-order valence-corrected chi connectivity index (χ1v) is 9.46. The zero-order chi connectivity index (χ0) is 18.0. The van der Waals surface area contributed by atoms with E-state index in [0.29, 0.717) is 0 Å². The molecule has 3 aromatic carbocycles. The summed E-state index contributed by atoms with van der Waals surface area (Å²) in [5.74, 6) is 0.934. The maximum atomic E-state index is 4.83. The Labute approximate surface area is 159 Å². The van der Waals surface area contributed by atoms with Gasteiger partial charge in [-0.1, -0.05) is 78.5 Å². The van der Waals surface area contributed by atoms with Gasteiger partial charge >= 0.3 is 0 Å². The number of hydrogen-bond acceptors (Lipinski definition) is 2. The lowest BCUT2D eigenvalue weighted by Crippen LogP contribution is -2.24. The minimum atomic E-state index is 0.812. The third-order valence-corrected chi connectivity index (χ3v) is 4.63. The smallest absolute Gasteiger partial charge is 0.129 e. The minimum absolute atomic E-state index is 0.812. The summed E-state index contributed by atoms with van der Waals surface area (Å²) in [6, 6.07) is 30.9. The van der Waals surface area contributed by atoms with Crippen LogP contribution in [-0.2, 0) is 6.54 Å². The van der Waals surface area contributed by atoms with Crippen LogP contribution in [0.3, 0.4) is 0 Å². The van der Waals surface area contributed by atoms with E-state index >= 15 is 0 Å². The van der Waals surface area contributed by atoms with E-state index in [-0.39, 0.29) is 0 Å². The van der Waals surface area contributed by atoms with Crippen LogP contribution in [0, 0.1) is 0 Å². The molecule has 0 saturated heterocycles. The van der Waals surface area contributed by atoms with E-state index in [0.717, 1.165) is 18.1 Å². The quantitative estimate of drug-likeness (QED) is 0.298. The Morgan fingerprint density at radius 1 is 0.846 bits per heavy atom. The van der Waals surface area contributed by atoms with Crippen molar-refractivity contribution in [2.24, 2.45) is 4.99 Å². The fraction of sp³-hybridized carbons (Fsp3) is 0.0870. The van der Waals surface area contributed by atoms with E-state index in [9.17, 15) is 0 Å². The van der Waals surface area contributed by atoms with Gasteiger partial charge in [-0.05, 0) is 41.3 Å². The Hall–Kier alpha value is -2.78. The number of amidine groups is 1. The van der Waals surface area contributed by atoms with Crippen LogP contribution in [0.25, 0.3) is 0 Å². The molecule has 2 nitrogen and oxygen atoms in total. The zero-order valence-electron chi connectivity index (χ0n) is 14.8. The van der Waals surface area contributed by atoms with Crippen molar-refractivity contribution < 1.29 is 0 Å². The highest BCUT2D eigenvalue weighted by Gasteiger charge is 2.05. The molecular weight excluding hydrogens is 336 g/mol. The number of nitrogens with zero attached hydrogens (tertiary/aromatic N) is 2. The molecule has 0 fully saturated rings. The van der Waals surface area contributed by atoms with Crippen molar-refractivity contribution in [2.45, 2.75) is 11.4 Å². The number of para-hydroxylation sites is 1. The Balaban J connectivity index is 1.78. The largest absolute Gasteiger partial charge is 0.355 e. The summed E-state index contributed by atoms with van der Waals surface area (Å²) < 4.78 is 0. The van der Waals surface area contributed by atoms with Gasteiger partial charge < -0.3 is 4.90 Å². The normalized spacial score (nSPS) is 11.7. The Morgan fingerprint density at radius 3 is 2.08 bits per heavy atom. The van der Waals surface area contributed by atoms with Gasteiger partial charge in [-0.15, -0.1) is 0 Å². The van der Waals surface area contributed by atoms with Crippen molar-refractivity contribution in [1.82, 2.24) is 4.90 Å². The van der Waals surface area contributed by atoms with Gasteiger partial charge in [0, 0.05) is 18.5 Å². The summed E-state index contributed by atoms with van der Waals surface area (Å²) in [7, 11) is 2.08. The van der Waals surface area contributed by atoms with Gasteiger partial charge in [-0.25, -0.2) is 4.99 Å². The van der Waals surface area contributed by atoms with Crippen LogP contribution in [0.15, 0.2) is 112 Å². The summed E-state index contributed by atoms with van der Waals surface area (Å²) in [4.78, 5) is 8.22. The molecule has 3 rings (SSSR count). The highest BCUT2D eigenvalue weighted by atomic mass is 32.2. The molecule has 0 spiro atoms. The molecule has 0 radical (unpaired) electrons. The predicted octanol–water partition coefficient (Wildman–Crippen LogP) is 6.15. The lowest BCUT2D eigenvalue weighted by atomic mass is 10.2. The van der Waals surface area contributed by atoms with Crippen molar-refractivity contribution in [2.75, 3.05) is 7.05 Å². The molecule has 26 heavy (non-hydrogen) atoms. The predicted molar refractivity (Wildman–Crippen MR) is 113 cm³/mol. The molecule has 0 aromatic heterocycles. The molecule has 0 amide bonds.